The second-order valence-corrected chi connectivity index (χ2v) is 23.3. The van der Waals surface area contributed by atoms with Crippen LogP contribution in [0.15, 0.2) is 85.1 Å². The number of nitrogens with one attached hydrogen (secondary N) is 1. The minimum Gasteiger partial charge on any atom is -0.454 e. The summed E-state index contributed by atoms with van der Waals surface area (Å²) in [5.74, 6) is -1.24. The molecular weight excluding hydrogens is 1030 g/mol. The van der Waals surface area contributed by atoms with Crippen molar-refractivity contribution >= 4 is 11.9 Å². The fourth-order valence-corrected chi connectivity index (χ4v) is 10.3. The minimum atomic E-state index is -1.62. The van der Waals surface area contributed by atoms with Gasteiger partial charge in [-0.25, -0.2) is 0 Å². The third-order valence-electron chi connectivity index (χ3n) is 15.7. The van der Waals surface area contributed by atoms with Gasteiger partial charge in [0.25, 0.3) is 0 Å². The normalized spacial score (nSPS) is 19.1. The summed E-state index contributed by atoms with van der Waals surface area (Å²) in [6.07, 6.45) is 66.4. The zero-order valence-electron chi connectivity index (χ0n) is 52.6. The molecule has 0 aromatic heterocycles. The van der Waals surface area contributed by atoms with E-state index in [1.807, 2.05) is 60.8 Å². The maximum absolute atomic E-state index is 13.4. The van der Waals surface area contributed by atoms with Crippen molar-refractivity contribution in [3.05, 3.63) is 85.1 Å². The van der Waals surface area contributed by atoms with Gasteiger partial charge in [0.05, 0.1) is 25.4 Å². The molecule has 1 aliphatic heterocycles. The first-order chi connectivity index (χ1) is 40.2. The van der Waals surface area contributed by atoms with Crippen molar-refractivity contribution in [1.82, 2.24) is 5.32 Å². The highest BCUT2D eigenvalue weighted by molar-refractivity contribution is 5.80. The molecule has 8 atom stereocenters. The van der Waals surface area contributed by atoms with Crippen LogP contribution in [-0.2, 0) is 23.8 Å². The average Bonchev–Trinajstić information content (AvgIpc) is 3.68. The third-order valence-corrected chi connectivity index (χ3v) is 15.7. The van der Waals surface area contributed by atoms with Crippen LogP contribution in [-0.4, -0.2) is 99.6 Å². The van der Waals surface area contributed by atoms with Crippen LogP contribution in [0.2, 0.25) is 0 Å². The molecule has 1 amide bonds. The van der Waals surface area contributed by atoms with Gasteiger partial charge in [-0.3, -0.25) is 9.59 Å². The number of ether oxygens (including phenoxy) is 3. The van der Waals surface area contributed by atoms with Crippen molar-refractivity contribution in [2.45, 2.75) is 339 Å². The molecule has 0 spiro atoms. The summed E-state index contributed by atoms with van der Waals surface area (Å²) in [5, 5.41) is 57.0. The predicted octanol–water partition coefficient (Wildman–Crippen LogP) is 16.9. The van der Waals surface area contributed by atoms with Crippen molar-refractivity contribution in [2.24, 2.45) is 0 Å². The number of unbranched alkanes of at least 4 members (excludes halogenated alkanes) is 35. The molecule has 474 valence electrons. The fourth-order valence-electron chi connectivity index (χ4n) is 10.3. The molecule has 0 saturated carbocycles. The van der Waals surface area contributed by atoms with E-state index < -0.39 is 67.4 Å². The van der Waals surface area contributed by atoms with Crippen LogP contribution in [0.4, 0.5) is 0 Å². The molecule has 1 saturated heterocycles. The molecule has 0 bridgehead atoms. The van der Waals surface area contributed by atoms with Gasteiger partial charge in [-0.05, 0) is 70.6 Å². The summed E-state index contributed by atoms with van der Waals surface area (Å²) in [6.45, 7) is 5.63. The summed E-state index contributed by atoms with van der Waals surface area (Å²) < 4.78 is 17.6. The van der Waals surface area contributed by atoms with E-state index in [1.165, 1.54) is 180 Å². The van der Waals surface area contributed by atoms with E-state index in [0.717, 1.165) is 64.2 Å². The van der Waals surface area contributed by atoms with Gasteiger partial charge in [0.15, 0.2) is 12.4 Å². The summed E-state index contributed by atoms with van der Waals surface area (Å²) in [6, 6.07) is -1.05. The van der Waals surface area contributed by atoms with Crippen molar-refractivity contribution in [1.29, 1.82) is 0 Å². The largest absolute Gasteiger partial charge is 0.454 e. The fraction of sp³-hybridized carbons (Fsp3) is 0.775. The molecule has 6 N–H and O–H groups in total. The van der Waals surface area contributed by atoms with Crippen LogP contribution in [0.5, 0.6) is 0 Å². The number of allylic oxidation sites excluding steroid dienone is 13. The van der Waals surface area contributed by atoms with Crippen LogP contribution < -0.4 is 5.32 Å². The van der Waals surface area contributed by atoms with Gasteiger partial charge in [0.2, 0.25) is 5.91 Å². The molecule has 1 heterocycles. The van der Waals surface area contributed by atoms with E-state index >= 15 is 0 Å². The molecule has 11 nitrogen and oxygen atoms in total. The molecule has 1 aliphatic rings. The molecule has 0 radical (unpaired) electrons. The van der Waals surface area contributed by atoms with Gasteiger partial charge in [0.1, 0.15) is 24.4 Å². The lowest BCUT2D eigenvalue weighted by atomic mass is 9.99. The number of aliphatic hydroxyl groups excluding tert-OH is 5. The minimum absolute atomic E-state index is 0.117. The highest BCUT2D eigenvalue weighted by atomic mass is 16.7. The standard InChI is InChI=1S/C71H125NO10/c1-4-7-10-13-16-19-22-25-27-28-29-30-31-32-33-34-35-36-37-38-39-41-44-47-50-53-56-59-66(76)82-69-68(78)67(77)65(60-73)81-71(69)80-61-62(63(74)57-54-51-48-45-42-24-21-18-15-12-9-6-3)72-70(79)64(75)58-55-52-49-46-43-40-26-23-20-17-14-11-8-5-2/h8,11,14,17,20,23,25-27,40,43,46,54,57,62-65,67-69,71,73-75,77-78H,4-7,9-10,12-13,15-16,18-19,21-22,24,28-39,41-42,44-45,47-53,55-56,58-61H2,1-3H3,(H,72,79)/b11-8+,17-14+,23-20-,27-25+,40-26-,46-43+,57-54+. The Morgan fingerprint density at radius 1 is 0.488 bits per heavy atom. The summed E-state index contributed by atoms with van der Waals surface area (Å²) in [7, 11) is 0. The van der Waals surface area contributed by atoms with Gasteiger partial charge < -0.3 is 45.1 Å². The number of hydrogen-bond donors (Lipinski definition) is 6. The van der Waals surface area contributed by atoms with E-state index in [4.69, 9.17) is 14.2 Å². The molecule has 1 fully saturated rings. The molecule has 8 unspecified atom stereocenters. The van der Waals surface area contributed by atoms with Crippen LogP contribution in [0.25, 0.3) is 0 Å². The third kappa shape index (κ3) is 45.2. The van der Waals surface area contributed by atoms with Crippen LogP contribution in [0, 0.1) is 0 Å². The Kier molecular flexibility index (Phi) is 54.6. The van der Waals surface area contributed by atoms with Crippen LogP contribution in [0.3, 0.4) is 0 Å². The highest BCUT2D eigenvalue weighted by Gasteiger charge is 2.47. The molecule has 11 heteroatoms. The van der Waals surface area contributed by atoms with Gasteiger partial charge in [0, 0.05) is 6.42 Å². The van der Waals surface area contributed by atoms with E-state index in [1.54, 1.807) is 6.08 Å². The van der Waals surface area contributed by atoms with Crippen molar-refractivity contribution in [2.75, 3.05) is 13.2 Å². The number of esters is 1. The number of hydrogen-bond acceptors (Lipinski definition) is 10. The SMILES string of the molecule is CC/C=C/C=C/C=C\C=C/C=C/CCCCC(O)C(=O)NC(COC1OC(CO)C(O)C(O)C1OC(=O)CCCCCCCCCCCCCCCCCCC/C=C/CCCCCCCC)C(O)/C=C/CCCCCCCCCCCC. The second kappa shape index (κ2) is 58.2. The maximum atomic E-state index is 13.4. The summed E-state index contributed by atoms with van der Waals surface area (Å²) in [4.78, 5) is 26.6. The van der Waals surface area contributed by atoms with Gasteiger partial charge in [-0.15, -0.1) is 0 Å². The van der Waals surface area contributed by atoms with E-state index in [2.05, 4.69) is 44.3 Å². The van der Waals surface area contributed by atoms with Gasteiger partial charge >= 0.3 is 5.97 Å². The van der Waals surface area contributed by atoms with Crippen molar-refractivity contribution < 1.29 is 49.3 Å². The molecule has 1 rings (SSSR count). The Labute approximate surface area is 502 Å². The summed E-state index contributed by atoms with van der Waals surface area (Å²) >= 11 is 0. The first-order valence-electron chi connectivity index (χ1n) is 33.9. The number of aliphatic hydroxyl groups is 5. The number of carbonyl (C=O) groups is 2. The van der Waals surface area contributed by atoms with Crippen molar-refractivity contribution in [3.63, 3.8) is 0 Å². The zero-order valence-corrected chi connectivity index (χ0v) is 52.6. The lowest BCUT2D eigenvalue weighted by Gasteiger charge is -2.41. The van der Waals surface area contributed by atoms with Crippen LogP contribution in [0.1, 0.15) is 290 Å². The molecule has 0 aromatic carbocycles. The lowest BCUT2D eigenvalue weighted by Crippen LogP contribution is -2.61. The number of rotatable bonds is 57. The maximum Gasteiger partial charge on any atom is 0.306 e. The molecular formula is C71H125NO10. The monoisotopic (exact) mass is 1150 g/mol. The van der Waals surface area contributed by atoms with E-state index in [0.29, 0.717) is 12.8 Å². The molecule has 0 aromatic rings. The highest BCUT2D eigenvalue weighted by Crippen LogP contribution is 2.26. The van der Waals surface area contributed by atoms with E-state index in [9.17, 15) is 35.1 Å². The van der Waals surface area contributed by atoms with Crippen LogP contribution >= 0.6 is 0 Å². The Hall–Kier alpha value is -3.16. The number of carbonyl (C=O) groups excluding carboxylic acids is 2. The summed E-state index contributed by atoms with van der Waals surface area (Å²) in [5.41, 5.74) is 0. The first kappa shape index (κ1) is 76.9. The van der Waals surface area contributed by atoms with Gasteiger partial charge in [-0.2, -0.15) is 0 Å². The Morgan fingerprint density at radius 2 is 0.890 bits per heavy atom. The topological polar surface area (TPSA) is 175 Å². The quantitative estimate of drug-likeness (QED) is 0.0149. The smallest absolute Gasteiger partial charge is 0.306 e. The average molecular weight is 1150 g/mol. The molecule has 82 heavy (non-hydrogen) atoms. The first-order valence-corrected chi connectivity index (χ1v) is 33.9. The second-order valence-electron chi connectivity index (χ2n) is 23.3. The Morgan fingerprint density at radius 3 is 1.35 bits per heavy atom. The van der Waals surface area contributed by atoms with E-state index in [-0.39, 0.29) is 19.4 Å². The predicted molar refractivity (Wildman–Crippen MR) is 342 cm³/mol. The Balaban J connectivity index is 2.56. The number of amides is 1. The zero-order chi connectivity index (χ0) is 59.6. The van der Waals surface area contributed by atoms with Crippen molar-refractivity contribution in [3.8, 4) is 0 Å². The lowest BCUT2D eigenvalue weighted by molar-refractivity contribution is -0.305. The van der Waals surface area contributed by atoms with Gasteiger partial charge in [-0.1, -0.05) is 298 Å². The molecule has 0 aliphatic carbocycles. The Bertz CT molecular complexity index is 1660.